The zero-order valence-electron chi connectivity index (χ0n) is 8.83. The van der Waals surface area contributed by atoms with Gasteiger partial charge in [0.05, 0.1) is 0 Å². The number of hydrogen-bond donors (Lipinski definition) is 0. The Labute approximate surface area is 94.1 Å². The van der Waals surface area contributed by atoms with Crippen LogP contribution in [0.4, 0.5) is 0 Å². The molecule has 0 aliphatic heterocycles. The Kier molecular flexibility index (Phi) is 3.02. The van der Waals surface area contributed by atoms with Crippen LogP contribution in [0.3, 0.4) is 0 Å². The van der Waals surface area contributed by atoms with E-state index in [1.807, 2.05) is 0 Å². The van der Waals surface area contributed by atoms with E-state index in [2.05, 4.69) is 58.8 Å². The molecule has 0 unspecified atom stereocenters. The third-order valence-corrected chi connectivity index (χ3v) is 2.66. The van der Waals surface area contributed by atoms with Gasteiger partial charge in [-0.2, -0.15) is 0 Å². The average Bonchev–Trinajstić information content (AvgIpc) is 2.33. The SMILES string of the molecule is C1=Cc2cccc3cccc(c23)C1.C[Si]. The highest BCUT2D eigenvalue weighted by molar-refractivity contribution is 6.05. The van der Waals surface area contributed by atoms with Crippen molar-refractivity contribution >= 4 is 27.1 Å². The molecular formula is C14H13Si. The van der Waals surface area contributed by atoms with Crippen LogP contribution in [0.5, 0.6) is 0 Å². The normalized spacial score (nSPS) is 12.1. The summed E-state index contributed by atoms with van der Waals surface area (Å²) in [5.41, 5.74) is 2.81. The van der Waals surface area contributed by atoms with Gasteiger partial charge < -0.3 is 0 Å². The van der Waals surface area contributed by atoms with E-state index in [-0.39, 0.29) is 0 Å². The van der Waals surface area contributed by atoms with E-state index >= 15 is 0 Å². The van der Waals surface area contributed by atoms with E-state index in [1.54, 1.807) is 6.55 Å². The fourth-order valence-electron chi connectivity index (χ4n) is 2.07. The van der Waals surface area contributed by atoms with Crippen LogP contribution in [-0.2, 0) is 6.42 Å². The minimum absolute atomic E-state index is 1.08. The Morgan fingerprint density at radius 2 is 1.73 bits per heavy atom. The van der Waals surface area contributed by atoms with E-state index in [0.717, 1.165) is 6.42 Å². The van der Waals surface area contributed by atoms with E-state index in [4.69, 9.17) is 0 Å². The third kappa shape index (κ3) is 1.75. The van der Waals surface area contributed by atoms with Gasteiger partial charge in [0.2, 0.25) is 0 Å². The van der Waals surface area contributed by atoms with Crippen LogP contribution in [0.25, 0.3) is 16.8 Å². The van der Waals surface area contributed by atoms with Gasteiger partial charge in [0, 0.05) is 10.2 Å². The molecule has 0 nitrogen and oxygen atoms in total. The molecule has 0 N–H and O–H groups in total. The van der Waals surface area contributed by atoms with Crippen molar-refractivity contribution in [2.24, 2.45) is 0 Å². The molecule has 2 aromatic rings. The molecule has 1 aliphatic rings. The molecule has 0 bridgehead atoms. The van der Waals surface area contributed by atoms with E-state index in [1.165, 1.54) is 21.9 Å². The number of hydrogen-bond acceptors (Lipinski definition) is 0. The van der Waals surface area contributed by atoms with Gasteiger partial charge in [0.1, 0.15) is 0 Å². The van der Waals surface area contributed by atoms with Crippen LogP contribution in [0.15, 0.2) is 42.5 Å². The van der Waals surface area contributed by atoms with E-state index in [0.29, 0.717) is 0 Å². The lowest BCUT2D eigenvalue weighted by atomic mass is 9.93. The summed E-state index contributed by atoms with van der Waals surface area (Å²) < 4.78 is 0. The molecule has 0 spiro atoms. The first-order valence-electron chi connectivity index (χ1n) is 5.12. The van der Waals surface area contributed by atoms with Gasteiger partial charge >= 0.3 is 0 Å². The highest BCUT2D eigenvalue weighted by atomic mass is 28.1. The molecule has 73 valence electrons. The molecule has 0 fully saturated rings. The molecule has 0 saturated carbocycles. The first-order chi connectivity index (χ1) is 7.45. The lowest BCUT2D eigenvalue weighted by Gasteiger charge is -2.11. The highest BCUT2D eigenvalue weighted by Gasteiger charge is 2.06. The molecule has 2 aromatic carbocycles. The molecule has 3 rings (SSSR count). The van der Waals surface area contributed by atoms with Crippen molar-refractivity contribution < 1.29 is 0 Å². The number of rotatable bonds is 0. The van der Waals surface area contributed by atoms with Gasteiger partial charge in [-0.25, -0.2) is 0 Å². The first-order valence-corrected chi connectivity index (χ1v) is 6.12. The van der Waals surface area contributed by atoms with Crippen LogP contribution >= 0.6 is 0 Å². The predicted molar refractivity (Wildman–Crippen MR) is 68.3 cm³/mol. The summed E-state index contributed by atoms with van der Waals surface area (Å²) in [5, 5.41) is 2.80. The van der Waals surface area contributed by atoms with Crippen LogP contribution in [0, 0.1) is 0 Å². The van der Waals surface area contributed by atoms with Gasteiger partial charge in [-0.05, 0) is 28.3 Å². The quantitative estimate of drug-likeness (QED) is 0.581. The van der Waals surface area contributed by atoms with Crippen molar-refractivity contribution in [1.29, 1.82) is 0 Å². The Morgan fingerprint density at radius 3 is 2.53 bits per heavy atom. The van der Waals surface area contributed by atoms with Crippen molar-refractivity contribution in [1.82, 2.24) is 0 Å². The van der Waals surface area contributed by atoms with E-state index in [9.17, 15) is 0 Å². The van der Waals surface area contributed by atoms with Crippen LogP contribution < -0.4 is 0 Å². The molecule has 0 atom stereocenters. The molecular weight excluding hydrogens is 196 g/mol. The summed E-state index contributed by atoms with van der Waals surface area (Å²) in [4.78, 5) is 0. The average molecular weight is 209 g/mol. The summed E-state index contributed by atoms with van der Waals surface area (Å²) >= 11 is 0. The Morgan fingerprint density at radius 1 is 1.00 bits per heavy atom. The summed E-state index contributed by atoms with van der Waals surface area (Å²) in [6.45, 7) is 1.81. The van der Waals surface area contributed by atoms with Gasteiger partial charge in [0.15, 0.2) is 0 Å². The third-order valence-electron chi connectivity index (χ3n) is 2.66. The Bertz CT molecular complexity index is 492. The molecule has 15 heavy (non-hydrogen) atoms. The zero-order chi connectivity index (χ0) is 10.7. The maximum absolute atomic E-state index is 2.97. The lowest BCUT2D eigenvalue weighted by Crippen LogP contribution is -1.91. The highest BCUT2D eigenvalue weighted by Crippen LogP contribution is 2.27. The summed E-state index contributed by atoms with van der Waals surface area (Å²) in [6, 6.07) is 13.0. The molecule has 0 amide bonds. The van der Waals surface area contributed by atoms with Crippen molar-refractivity contribution in [2.75, 3.05) is 0 Å². The fourth-order valence-corrected chi connectivity index (χ4v) is 2.07. The van der Waals surface area contributed by atoms with Crippen molar-refractivity contribution in [2.45, 2.75) is 13.0 Å². The molecule has 0 aromatic heterocycles. The van der Waals surface area contributed by atoms with Crippen LogP contribution in [0.2, 0.25) is 6.55 Å². The minimum Gasteiger partial charge on any atom is -0.0795 e. The van der Waals surface area contributed by atoms with Crippen molar-refractivity contribution in [3.05, 3.63) is 53.6 Å². The zero-order valence-corrected chi connectivity index (χ0v) is 9.83. The second kappa shape index (κ2) is 4.45. The minimum atomic E-state index is 1.08. The predicted octanol–water partition coefficient (Wildman–Crippen LogP) is 3.61. The molecule has 1 heteroatoms. The summed E-state index contributed by atoms with van der Waals surface area (Å²) in [5.74, 6) is 0. The van der Waals surface area contributed by atoms with Gasteiger partial charge in [0.25, 0.3) is 0 Å². The largest absolute Gasteiger partial charge is 0.0795 e. The summed E-state index contributed by atoms with van der Waals surface area (Å²) in [7, 11) is 2.97. The molecule has 3 radical (unpaired) electrons. The maximum atomic E-state index is 2.97. The maximum Gasteiger partial charge on any atom is 0.0184 e. The molecule has 0 saturated heterocycles. The second-order valence-electron chi connectivity index (χ2n) is 3.47. The monoisotopic (exact) mass is 209 g/mol. The van der Waals surface area contributed by atoms with Gasteiger partial charge in [-0.1, -0.05) is 55.1 Å². The van der Waals surface area contributed by atoms with Crippen molar-refractivity contribution in [3.63, 3.8) is 0 Å². The topological polar surface area (TPSA) is 0 Å². The Hall–Kier alpha value is -1.34. The summed E-state index contributed by atoms with van der Waals surface area (Å²) in [6.07, 6.45) is 5.53. The van der Waals surface area contributed by atoms with Crippen LogP contribution in [0.1, 0.15) is 11.1 Å². The van der Waals surface area contributed by atoms with Gasteiger partial charge in [-0.15, -0.1) is 0 Å². The van der Waals surface area contributed by atoms with Crippen molar-refractivity contribution in [3.8, 4) is 0 Å². The molecule has 0 heterocycles. The fraction of sp³-hybridized carbons (Fsp3) is 0.143. The standard InChI is InChI=1S/C13H10.CH3Si/c1-4-10-6-2-8-12-9-3-7-11(5-1)13(10)12;1-2/h1-8H,9H2;1H3. The van der Waals surface area contributed by atoms with Crippen LogP contribution in [-0.4, -0.2) is 10.2 Å². The lowest BCUT2D eigenvalue weighted by molar-refractivity contribution is 1.29. The second-order valence-corrected chi connectivity index (χ2v) is 3.47. The number of benzene rings is 2. The Balaban J connectivity index is 0.000000404. The van der Waals surface area contributed by atoms with E-state index < -0.39 is 0 Å². The number of allylic oxidation sites excluding steroid dienone is 1. The smallest absolute Gasteiger partial charge is 0.0184 e. The van der Waals surface area contributed by atoms with Gasteiger partial charge in [-0.3, -0.25) is 0 Å². The molecule has 1 aliphatic carbocycles. The first kappa shape index (κ1) is 10.2.